The summed E-state index contributed by atoms with van der Waals surface area (Å²) in [4.78, 5) is 35.8. The molecule has 4 aromatic rings. The Bertz CT molecular complexity index is 1270. The first kappa shape index (κ1) is 19.4. The number of hydrogen-bond donors (Lipinski definition) is 3. The van der Waals surface area contributed by atoms with Crippen molar-refractivity contribution >= 4 is 40.2 Å². The molecule has 2 aromatic heterocycles. The van der Waals surface area contributed by atoms with E-state index in [1.165, 1.54) is 0 Å². The lowest BCUT2D eigenvalue weighted by atomic mass is 10.1. The number of likely N-dealkylation sites (N-methyl/N-ethyl adjacent to an activating group) is 1. The SMILES string of the molecule is CN1C(=O)[C@@H](NC(=O)c2n[nH]c(Cc3ccccc3)n2)CSc2cc3[nH]ccc3cc21. The zero-order chi connectivity index (χ0) is 21.4. The van der Waals surface area contributed by atoms with Gasteiger partial charge in [-0.25, -0.2) is 4.98 Å². The van der Waals surface area contributed by atoms with Gasteiger partial charge in [0.25, 0.3) is 5.91 Å². The third-order valence-corrected chi connectivity index (χ3v) is 6.42. The number of amides is 2. The molecule has 0 aliphatic carbocycles. The van der Waals surface area contributed by atoms with Gasteiger partial charge in [0.05, 0.1) is 5.69 Å². The average molecular weight is 433 g/mol. The fraction of sp³-hybridized carbons (Fsp3) is 0.182. The standard InChI is InChI=1S/C22H20N6O2S/c1-28-17-10-14-7-8-23-15(14)11-18(17)31-12-16(22(28)30)24-21(29)20-25-19(26-27-20)9-13-5-3-2-4-6-13/h2-8,10-11,16,23H,9,12H2,1H3,(H,24,29)(H,25,26,27)/t16-/m0/s1. The Morgan fingerprint density at radius 1 is 1.26 bits per heavy atom. The topological polar surface area (TPSA) is 107 Å². The fourth-order valence-corrected chi connectivity index (χ4v) is 4.75. The Kier molecular flexibility index (Phi) is 4.95. The van der Waals surface area contributed by atoms with Crippen LogP contribution in [-0.4, -0.2) is 50.8 Å². The largest absolute Gasteiger partial charge is 0.361 e. The molecule has 2 aromatic carbocycles. The van der Waals surface area contributed by atoms with Gasteiger partial charge < -0.3 is 15.2 Å². The van der Waals surface area contributed by atoms with Gasteiger partial charge >= 0.3 is 0 Å². The predicted octanol–water partition coefficient (Wildman–Crippen LogP) is 2.74. The Balaban J connectivity index is 1.31. The Morgan fingerprint density at radius 2 is 2.10 bits per heavy atom. The van der Waals surface area contributed by atoms with E-state index in [2.05, 4.69) is 25.5 Å². The summed E-state index contributed by atoms with van der Waals surface area (Å²) in [7, 11) is 1.73. The summed E-state index contributed by atoms with van der Waals surface area (Å²) < 4.78 is 0. The van der Waals surface area contributed by atoms with Crippen molar-refractivity contribution in [3.63, 3.8) is 0 Å². The molecule has 2 amide bonds. The molecule has 0 saturated carbocycles. The number of anilines is 1. The number of carbonyl (C=O) groups excluding carboxylic acids is 2. The Labute approximate surface area is 182 Å². The van der Waals surface area contributed by atoms with Crippen molar-refractivity contribution in [2.75, 3.05) is 17.7 Å². The number of nitrogens with one attached hydrogen (secondary N) is 3. The Morgan fingerprint density at radius 3 is 2.94 bits per heavy atom. The van der Waals surface area contributed by atoms with Crippen molar-refractivity contribution in [2.45, 2.75) is 17.4 Å². The van der Waals surface area contributed by atoms with Crippen molar-refractivity contribution in [3.8, 4) is 0 Å². The lowest BCUT2D eigenvalue weighted by Gasteiger charge is -2.21. The van der Waals surface area contributed by atoms with E-state index in [1.807, 2.05) is 54.7 Å². The average Bonchev–Trinajstić information content (AvgIpc) is 3.42. The molecular formula is C22H20N6O2S. The van der Waals surface area contributed by atoms with E-state index in [9.17, 15) is 9.59 Å². The maximum atomic E-state index is 13.0. The highest BCUT2D eigenvalue weighted by atomic mass is 32.2. The zero-order valence-corrected chi connectivity index (χ0v) is 17.6. The van der Waals surface area contributed by atoms with Crippen LogP contribution in [0.2, 0.25) is 0 Å². The van der Waals surface area contributed by atoms with Gasteiger partial charge in [0.15, 0.2) is 0 Å². The molecule has 9 heteroatoms. The monoisotopic (exact) mass is 432 g/mol. The molecule has 8 nitrogen and oxygen atoms in total. The van der Waals surface area contributed by atoms with Crippen LogP contribution in [-0.2, 0) is 11.2 Å². The number of rotatable bonds is 4. The molecule has 0 saturated heterocycles. The number of aromatic amines is 2. The maximum Gasteiger partial charge on any atom is 0.291 e. The number of aromatic nitrogens is 4. The van der Waals surface area contributed by atoms with Crippen LogP contribution in [0, 0.1) is 0 Å². The van der Waals surface area contributed by atoms with Gasteiger partial charge in [0.1, 0.15) is 11.9 Å². The molecule has 1 aliphatic rings. The van der Waals surface area contributed by atoms with Crippen molar-refractivity contribution in [2.24, 2.45) is 0 Å². The van der Waals surface area contributed by atoms with Crippen molar-refractivity contribution < 1.29 is 9.59 Å². The minimum absolute atomic E-state index is 0.0291. The predicted molar refractivity (Wildman–Crippen MR) is 119 cm³/mol. The van der Waals surface area contributed by atoms with Crippen molar-refractivity contribution in [1.82, 2.24) is 25.5 Å². The van der Waals surface area contributed by atoms with Crippen molar-refractivity contribution in [3.05, 3.63) is 71.9 Å². The van der Waals surface area contributed by atoms with Crippen LogP contribution in [0.15, 0.2) is 59.6 Å². The van der Waals surface area contributed by atoms with Crippen LogP contribution in [0.25, 0.3) is 10.9 Å². The second kappa shape index (κ2) is 7.92. The molecule has 1 aliphatic heterocycles. The molecule has 3 heterocycles. The maximum absolute atomic E-state index is 13.0. The summed E-state index contributed by atoms with van der Waals surface area (Å²) >= 11 is 1.54. The zero-order valence-electron chi connectivity index (χ0n) is 16.8. The highest BCUT2D eigenvalue weighted by Gasteiger charge is 2.31. The number of nitrogens with zero attached hydrogens (tertiary/aromatic N) is 3. The smallest absolute Gasteiger partial charge is 0.291 e. The van der Waals surface area contributed by atoms with Gasteiger partial charge in [0.2, 0.25) is 11.7 Å². The second-order valence-corrected chi connectivity index (χ2v) is 8.45. The van der Waals surface area contributed by atoms with E-state index >= 15 is 0 Å². The molecular weight excluding hydrogens is 412 g/mol. The summed E-state index contributed by atoms with van der Waals surface area (Å²) in [6.45, 7) is 0. The quantitative estimate of drug-likeness (QED) is 0.460. The number of hydrogen-bond acceptors (Lipinski definition) is 5. The van der Waals surface area contributed by atoms with Gasteiger partial charge in [0, 0.05) is 41.2 Å². The lowest BCUT2D eigenvalue weighted by Crippen LogP contribution is -2.48. The molecule has 3 N–H and O–H groups in total. The normalized spacial score (nSPS) is 16.2. The van der Waals surface area contributed by atoms with Gasteiger partial charge in [-0.05, 0) is 23.8 Å². The molecule has 1 atom stereocenters. The molecule has 0 radical (unpaired) electrons. The summed E-state index contributed by atoms with van der Waals surface area (Å²) in [6, 6.07) is 15.1. The van der Waals surface area contributed by atoms with Crippen LogP contribution in [0.4, 0.5) is 5.69 Å². The van der Waals surface area contributed by atoms with E-state index in [-0.39, 0.29) is 11.7 Å². The van der Waals surface area contributed by atoms with Crippen LogP contribution < -0.4 is 10.2 Å². The number of carbonyl (C=O) groups is 2. The number of fused-ring (bicyclic) bond motifs is 2. The van der Waals surface area contributed by atoms with Crippen LogP contribution in [0.3, 0.4) is 0 Å². The summed E-state index contributed by atoms with van der Waals surface area (Å²) in [5.74, 6) is 0.407. The van der Waals surface area contributed by atoms with Crippen LogP contribution >= 0.6 is 11.8 Å². The third-order valence-electron chi connectivity index (χ3n) is 5.28. The highest BCUT2D eigenvalue weighted by molar-refractivity contribution is 7.99. The van der Waals surface area contributed by atoms with Gasteiger partial charge in [-0.15, -0.1) is 16.9 Å². The second-order valence-electron chi connectivity index (χ2n) is 7.39. The van der Waals surface area contributed by atoms with E-state index in [1.54, 1.807) is 23.7 Å². The molecule has 0 fully saturated rings. The molecule has 0 unspecified atom stereocenters. The summed E-state index contributed by atoms with van der Waals surface area (Å²) in [5, 5.41) is 10.7. The van der Waals surface area contributed by atoms with E-state index in [0.717, 1.165) is 27.0 Å². The van der Waals surface area contributed by atoms with E-state index < -0.39 is 11.9 Å². The first-order valence-corrected chi connectivity index (χ1v) is 10.8. The minimum Gasteiger partial charge on any atom is -0.361 e. The first-order chi connectivity index (χ1) is 15.1. The lowest BCUT2D eigenvalue weighted by molar-refractivity contribution is -0.119. The highest BCUT2D eigenvalue weighted by Crippen LogP contribution is 2.36. The number of thioether (sulfide) groups is 1. The number of benzene rings is 2. The number of H-pyrrole nitrogens is 2. The first-order valence-electron chi connectivity index (χ1n) is 9.86. The van der Waals surface area contributed by atoms with E-state index in [0.29, 0.717) is 18.0 Å². The van der Waals surface area contributed by atoms with Gasteiger partial charge in [-0.3, -0.25) is 14.7 Å². The summed E-state index contributed by atoms with van der Waals surface area (Å²) in [5.41, 5.74) is 2.92. The molecule has 0 bridgehead atoms. The van der Waals surface area contributed by atoms with Gasteiger partial charge in [-0.2, -0.15) is 0 Å². The van der Waals surface area contributed by atoms with Gasteiger partial charge in [-0.1, -0.05) is 30.3 Å². The molecule has 31 heavy (non-hydrogen) atoms. The van der Waals surface area contributed by atoms with Crippen molar-refractivity contribution in [1.29, 1.82) is 0 Å². The Hall–Kier alpha value is -3.59. The summed E-state index contributed by atoms with van der Waals surface area (Å²) in [6.07, 6.45) is 2.42. The van der Waals surface area contributed by atoms with E-state index in [4.69, 9.17) is 0 Å². The molecule has 156 valence electrons. The van der Waals surface area contributed by atoms with Crippen LogP contribution in [0.1, 0.15) is 22.0 Å². The minimum atomic E-state index is -0.677. The molecule has 5 rings (SSSR count). The molecule has 0 spiro atoms. The third kappa shape index (κ3) is 3.79. The van der Waals surface area contributed by atoms with Crippen LogP contribution in [0.5, 0.6) is 0 Å². The fourth-order valence-electron chi connectivity index (χ4n) is 3.63.